The number of rotatable bonds is 1. The Labute approximate surface area is 102 Å². The van der Waals surface area contributed by atoms with Gasteiger partial charge in [-0.05, 0) is 47.2 Å². The molecule has 1 aliphatic rings. The maximum Gasteiger partial charge on any atom is 0.313 e. The highest BCUT2D eigenvalue weighted by molar-refractivity contribution is 14.1. The van der Waals surface area contributed by atoms with Crippen molar-refractivity contribution in [3.63, 3.8) is 0 Å². The largest absolute Gasteiger partial charge is 0.493 e. The molecule has 4 heteroatoms. The Balaban J connectivity index is 2.40. The minimum Gasteiger partial charge on any atom is -0.493 e. The number of hydrogen-bond donors (Lipinski definition) is 0. The van der Waals surface area contributed by atoms with Gasteiger partial charge in [-0.3, -0.25) is 4.79 Å². The summed E-state index contributed by atoms with van der Waals surface area (Å²) < 4.78 is 11.4. The lowest BCUT2D eigenvalue weighted by Crippen LogP contribution is -2.22. The van der Waals surface area contributed by atoms with Gasteiger partial charge in [0.25, 0.3) is 0 Å². The lowest BCUT2D eigenvalue weighted by molar-refractivity contribution is -0.143. The van der Waals surface area contributed by atoms with E-state index in [9.17, 15) is 4.79 Å². The molecule has 1 atom stereocenters. The van der Waals surface area contributed by atoms with E-state index in [0.717, 1.165) is 14.9 Å². The Hall–Kier alpha value is -0.780. The van der Waals surface area contributed by atoms with Crippen LogP contribution in [0.1, 0.15) is 17.9 Å². The third kappa shape index (κ3) is 2.09. The third-order valence-electron chi connectivity index (χ3n) is 2.50. The monoisotopic (exact) mass is 318 g/mol. The number of carbonyl (C=O) groups excluding carboxylic acids is 1. The Kier molecular flexibility index (Phi) is 3.14. The maximum atomic E-state index is 11.6. The van der Waals surface area contributed by atoms with Crippen molar-refractivity contribution in [3.8, 4) is 5.75 Å². The molecule has 0 amide bonds. The molecular formula is C11H11IO3. The predicted octanol–water partition coefficient (Wildman–Crippen LogP) is 2.33. The molecule has 80 valence electrons. The average molecular weight is 318 g/mol. The first-order valence-corrected chi connectivity index (χ1v) is 5.80. The quantitative estimate of drug-likeness (QED) is 0.589. The zero-order chi connectivity index (χ0) is 10.8. The van der Waals surface area contributed by atoms with Gasteiger partial charge in [0.05, 0.1) is 19.6 Å². The number of carbonyl (C=O) groups is 1. The second-order valence-corrected chi connectivity index (χ2v) is 4.64. The molecule has 0 aromatic heterocycles. The summed E-state index contributed by atoms with van der Waals surface area (Å²) in [7, 11) is 1.42. The Morgan fingerprint density at radius 1 is 1.60 bits per heavy atom. The number of hydrogen-bond acceptors (Lipinski definition) is 3. The highest BCUT2D eigenvalue weighted by Crippen LogP contribution is 2.35. The first-order chi connectivity index (χ1) is 7.22. The van der Waals surface area contributed by atoms with E-state index in [-0.39, 0.29) is 11.9 Å². The molecule has 0 fully saturated rings. The van der Waals surface area contributed by atoms with Crippen molar-refractivity contribution in [1.82, 2.24) is 0 Å². The molecule has 1 unspecified atom stereocenters. The zero-order valence-electron chi connectivity index (χ0n) is 8.33. The fourth-order valence-corrected chi connectivity index (χ4v) is 2.27. The van der Waals surface area contributed by atoms with Crippen LogP contribution in [0, 0.1) is 3.57 Å². The summed E-state index contributed by atoms with van der Waals surface area (Å²) in [6.45, 7) is 0.577. The standard InChI is InChI=1S/C11H11IO3/c1-14-11(13)8-4-5-15-10-3-2-7(12)6-9(8)10/h2-3,6,8H,4-5H2,1H3. The van der Waals surface area contributed by atoms with Crippen LogP contribution in [-0.4, -0.2) is 19.7 Å². The van der Waals surface area contributed by atoms with E-state index in [0.29, 0.717) is 13.0 Å². The van der Waals surface area contributed by atoms with E-state index < -0.39 is 0 Å². The first-order valence-electron chi connectivity index (χ1n) is 4.72. The van der Waals surface area contributed by atoms with Crippen LogP contribution in [0.3, 0.4) is 0 Å². The Morgan fingerprint density at radius 3 is 3.13 bits per heavy atom. The number of fused-ring (bicyclic) bond motifs is 1. The molecule has 1 heterocycles. The highest BCUT2D eigenvalue weighted by Gasteiger charge is 2.28. The van der Waals surface area contributed by atoms with E-state index >= 15 is 0 Å². The number of benzene rings is 1. The number of ether oxygens (including phenoxy) is 2. The Morgan fingerprint density at radius 2 is 2.40 bits per heavy atom. The van der Waals surface area contributed by atoms with Gasteiger partial charge in [0, 0.05) is 9.13 Å². The molecule has 0 saturated heterocycles. The number of halogens is 1. The summed E-state index contributed by atoms with van der Waals surface area (Å²) in [5.74, 6) is 0.451. The van der Waals surface area contributed by atoms with E-state index in [2.05, 4.69) is 22.6 Å². The second-order valence-electron chi connectivity index (χ2n) is 3.40. The average Bonchev–Trinajstić information content (AvgIpc) is 2.27. The summed E-state index contributed by atoms with van der Waals surface area (Å²) in [6.07, 6.45) is 0.694. The fourth-order valence-electron chi connectivity index (χ4n) is 1.75. The SMILES string of the molecule is COC(=O)C1CCOc2ccc(I)cc21. The molecule has 0 bridgehead atoms. The zero-order valence-corrected chi connectivity index (χ0v) is 10.5. The van der Waals surface area contributed by atoms with Crippen LogP contribution in [0.25, 0.3) is 0 Å². The topological polar surface area (TPSA) is 35.5 Å². The van der Waals surface area contributed by atoms with Crippen LogP contribution >= 0.6 is 22.6 Å². The van der Waals surface area contributed by atoms with Gasteiger partial charge in [0.1, 0.15) is 5.75 Å². The number of methoxy groups -OCH3 is 1. The highest BCUT2D eigenvalue weighted by atomic mass is 127. The third-order valence-corrected chi connectivity index (χ3v) is 3.17. The second kappa shape index (κ2) is 4.38. The van der Waals surface area contributed by atoms with Gasteiger partial charge in [0.15, 0.2) is 0 Å². The maximum absolute atomic E-state index is 11.6. The van der Waals surface area contributed by atoms with Crippen molar-refractivity contribution >= 4 is 28.6 Å². The van der Waals surface area contributed by atoms with Crippen LogP contribution < -0.4 is 4.74 Å². The molecule has 0 spiro atoms. The summed E-state index contributed by atoms with van der Waals surface area (Å²) in [5.41, 5.74) is 0.944. The van der Waals surface area contributed by atoms with Gasteiger partial charge >= 0.3 is 5.97 Å². The minimum absolute atomic E-state index is 0.173. The lowest BCUT2D eigenvalue weighted by Gasteiger charge is -2.24. The molecule has 0 saturated carbocycles. The van der Waals surface area contributed by atoms with E-state index in [1.807, 2.05) is 18.2 Å². The molecule has 1 aromatic carbocycles. The molecule has 2 rings (SSSR count). The van der Waals surface area contributed by atoms with Gasteiger partial charge in [-0.1, -0.05) is 0 Å². The van der Waals surface area contributed by atoms with Crippen molar-refractivity contribution in [2.45, 2.75) is 12.3 Å². The van der Waals surface area contributed by atoms with E-state index in [1.54, 1.807) is 0 Å². The van der Waals surface area contributed by atoms with Crippen molar-refractivity contribution in [1.29, 1.82) is 0 Å². The van der Waals surface area contributed by atoms with E-state index in [4.69, 9.17) is 9.47 Å². The van der Waals surface area contributed by atoms with Crippen molar-refractivity contribution in [2.75, 3.05) is 13.7 Å². The summed E-state index contributed by atoms with van der Waals surface area (Å²) in [4.78, 5) is 11.6. The van der Waals surface area contributed by atoms with Crippen LogP contribution in [0.15, 0.2) is 18.2 Å². The van der Waals surface area contributed by atoms with Gasteiger partial charge < -0.3 is 9.47 Å². The van der Waals surface area contributed by atoms with Crippen molar-refractivity contribution < 1.29 is 14.3 Å². The first kappa shape index (κ1) is 10.7. The van der Waals surface area contributed by atoms with Gasteiger partial charge in [-0.2, -0.15) is 0 Å². The molecule has 3 nitrogen and oxygen atoms in total. The fraction of sp³-hybridized carbons (Fsp3) is 0.364. The normalized spacial score (nSPS) is 18.9. The smallest absolute Gasteiger partial charge is 0.313 e. The van der Waals surface area contributed by atoms with Gasteiger partial charge in [-0.25, -0.2) is 0 Å². The predicted molar refractivity (Wildman–Crippen MR) is 64.0 cm³/mol. The Bertz CT molecular complexity index is 389. The van der Waals surface area contributed by atoms with Crippen molar-refractivity contribution in [2.24, 2.45) is 0 Å². The molecule has 0 radical (unpaired) electrons. The van der Waals surface area contributed by atoms with E-state index in [1.165, 1.54) is 7.11 Å². The molecule has 1 aliphatic heterocycles. The molecule has 15 heavy (non-hydrogen) atoms. The van der Waals surface area contributed by atoms with Crippen LogP contribution in [0.5, 0.6) is 5.75 Å². The summed E-state index contributed by atoms with van der Waals surface area (Å²) >= 11 is 2.22. The molecule has 1 aromatic rings. The minimum atomic E-state index is -0.179. The molecular weight excluding hydrogens is 307 g/mol. The number of esters is 1. The van der Waals surface area contributed by atoms with Crippen LogP contribution in [-0.2, 0) is 9.53 Å². The van der Waals surface area contributed by atoms with Gasteiger partial charge in [0.2, 0.25) is 0 Å². The van der Waals surface area contributed by atoms with Crippen molar-refractivity contribution in [3.05, 3.63) is 27.3 Å². The molecule has 0 aliphatic carbocycles. The van der Waals surface area contributed by atoms with Crippen LogP contribution in [0.4, 0.5) is 0 Å². The molecule has 0 N–H and O–H groups in total. The lowest BCUT2D eigenvalue weighted by atomic mass is 9.93. The summed E-state index contributed by atoms with van der Waals surface area (Å²) in [6, 6.07) is 5.86. The summed E-state index contributed by atoms with van der Waals surface area (Å²) in [5, 5.41) is 0. The van der Waals surface area contributed by atoms with Gasteiger partial charge in [-0.15, -0.1) is 0 Å². The van der Waals surface area contributed by atoms with Crippen LogP contribution in [0.2, 0.25) is 0 Å².